The molecule has 1 fully saturated rings. The third-order valence-corrected chi connectivity index (χ3v) is 4.00. The molecule has 0 aromatic heterocycles. The summed E-state index contributed by atoms with van der Waals surface area (Å²) in [6.07, 6.45) is 2.05. The minimum absolute atomic E-state index is 0.0555. The highest BCUT2D eigenvalue weighted by atomic mass is 16.2. The van der Waals surface area contributed by atoms with E-state index in [-0.39, 0.29) is 11.8 Å². The molecular weight excluding hydrogens is 278 g/mol. The summed E-state index contributed by atoms with van der Waals surface area (Å²) < 4.78 is 0. The first kappa shape index (κ1) is 16.5. The van der Waals surface area contributed by atoms with Gasteiger partial charge in [0.25, 0.3) is 5.91 Å². The Morgan fingerprint density at radius 1 is 1.14 bits per heavy atom. The van der Waals surface area contributed by atoms with Crippen LogP contribution in [-0.4, -0.2) is 54.3 Å². The van der Waals surface area contributed by atoms with E-state index >= 15 is 0 Å². The number of hydrogen-bond donors (Lipinski definition) is 1. The average Bonchev–Trinajstić information content (AvgIpc) is 2.78. The summed E-state index contributed by atoms with van der Waals surface area (Å²) in [5.41, 5.74) is 7.26. The van der Waals surface area contributed by atoms with E-state index in [9.17, 15) is 9.59 Å². The Labute approximate surface area is 132 Å². The van der Waals surface area contributed by atoms with Crippen molar-refractivity contribution in [3.05, 3.63) is 35.4 Å². The second kappa shape index (κ2) is 7.94. The van der Waals surface area contributed by atoms with Crippen LogP contribution in [0.25, 0.3) is 0 Å². The summed E-state index contributed by atoms with van der Waals surface area (Å²) in [5, 5.41) is 0. The zero-order valence-electron chi connectivity index (χ0n) is 13.3. The molecule has 1 aliphatic heterocycles. The third kappa shape index (κ3) is 4.31. The van der Waals surface area contributed by atoms with Crippen LogP contribution < -0.4 is 5.73 Å². The molecule has 2 amide bonds. The number of nitrogens with two attached hydrogens (primary N) is 1. The quantitative estimate of drug-likeness (QED) is 0.914. The highest BCUT2D eigenvalue weighted by Crippen LogP contribution is 2.12. The van der Waals surface area contributed by atoms with Crippen molar-refractivity contribution in [3.8, 4) is 0 Å². The Bertz CT molecular complexity index is 530. The second-order valence-electron chi connectivity index (χ2n) is 5.79. The van der Waals surface area contributed by atoms with Gasteiger partial charge in [-0.2, -0.15) is 0 Å². The Kier molecular flexibility index (Phi) is 5.95. The van der Waals surface area contributed by atoms with Gasteiger partial charge >= 0.3 is 0 Å². The Hall–Kier alpha value is -1.88. The summed E-state index contributed by atoms with van der Waals surface area (Å²) in [5.74, 6) is 0.204. The predicted molar refractivity (Wildman–Crippen MR) is 86.6 cm³/mol. The van der Waals surface area contributed by atoms with Gasteiger partial charge in [0, 0.05) is 38.2 Å². The van der Waals surface area contributed by atoms with Crippen LogP contribution in [0.5, 0.6) is 0 Å². The molecule has 2 rings (SSSR count). The van der Waals surface area contributed by atoms with Crippen LogP contribution >= 0.6 is 0 Å². The molecule has 0 spiro atoms. The van der Waals surface area contributed by atoms with E-state index in [1.165, 1.54) is 0 Å². The van der Waals surface area contributed by atoms with Gasteiger partial charge in [-0.25, -0.2) is 0 Å². The first-order valence-electron chi connectivity index (χ1n) is 7.95. The maximum atomic E-state index is 12.6. The van der Waals surface area contributed by atoms with E-state index in [1.54, 1.807) is 0 Å². The number of carbonyl (C=O) groups is 2. The molecule has 0 bridgehead atoms. The number of nitrogens with zero attached hydrogens (tertiary/aromatic N) is 2. The van der Waals surface area contributed by atoms with Gasteiger partial charge < -0.3 is 15.5 Å². The molecule has 120 valence electrons. The van der Waals surface area contributed by atoms with Crippen LogP contribution in [0.2, 0.25) is 0 Å². The molecule has 0 atom stereocenters. The smallest absolute Gasteiger partial charge is 0.253 e. The van der Waals surface area contributed by atoms with Gasteiger partial charge in [0.1, 0.15) is 0 Å². The first-order chi connectivity index (χ1) is 10.6. The fourth-order valence-corrected chi connectivity index (χ4v) is 2.74. The molecule has 2 N–H and O–H groups in total. The summed E-state index contributed by atoms with van der Waals surface area (Å²) in [4.78, 5) is 28.3. The molecule has 0 saturated carbocycles. The van der Waals surface area contributed by atoms with Crippen LogP contribution in [0.4, 0.5) is 0 Å². The van der Waals surface area contributed by atoms with Crippen molar-refractivity contribution >= 4 is 11.8 Å². The highest BCUT2D eigenvalue weighted by molar-refractivity contribution is 5.94. The van der Waals surface area contributed by atoms with Crippen molar-refractivity contribution in [1.82, 2.24) is 9.80 Å². The second-order valence-corrected chi connectivity index (χ2v) is 5.79. The standard InChI is InChI=1S/C17H25N3O2/c1-14-5-2-6-15(13-14)17(22)20-10-4-9-19(11-12-20)16(21)7-3-8-18/h2,5-6,13H,3-4,7-12,18H2,1H3. The summed E-state index contributed by atoms with van der Waals surface area (Å²) in [6.45, 7) is 5.16. The molecule has 5 nitrogen and oxygen atoms in total. The topological polar surface area (TPSA) is 66.6 Å². The van der Waals surface area contributed by atoms with E-state index in [1.807, 2.05) is 41.0 Å². The van der Waals surface area contributed by atoms with Gasteiger partial charge in [-0.3, -0.25) is 9.59 Å². The van der Waals surface area contributed by atoms with Gasteiger partial charge in [0.2, 0.25) is 5.91 Å². The number of hydrogen-bond acceptors (Lipinski definition) is 3. The fourth-order valence-electron chi connectivity index (χ4n) is 2.74. The van der Waals surface area contributed by atoms with Gasteiger partial charge in [-0.1, -0.05) is 17.7 Å². The van der Waals surface area contributed by atoms with Gasteiger partial charge in [-0.05, 0) is 38.4 Å². The SMILES string of the molecule is Cc1cccc(C(=O)N2CCCN(C(=O)CCCN)CC2)c1. The molecule has 1 aromatic carbocycles. The molecule has 0 radical (unpaired) electrons. The molecule has 0 unspecified atom stereocenters. The van der Waals surface area contributed by atoms with Gasteiger partial charge in [0.05, 0.1) is 0 Å². The maximum Gasteiger partial charge on any atom is 0.253 e. The Morgan fingerprint density at radius 3 is 2.59 bits per heavy atom. The molecular formula is C17H25N3O2. The van der Waals surface area contributed by atoms with Crippen LogP contribution in [0, 0.1) is 6.92 Å². The van der Waals surface area contributed by atoms with Crippen LogP contribution in [0.3, 0.4) is 0 Å². The molecule has 1 saturated heterocycles. The third-order valence-electron chi connectivity index (χ3n) is 4.00. The lowest BCUT2D eigenvalue weighted by atomic mass is 10.1. The van der Waals surface area contributed by atoms with E-state index < -0.39 is 0 Å². The van der Waals surface area contributed by atoms with Gasteiger partial charge in [-0.15, -0.1) is 0 Å². The maximum absolute atomic E-state index is 12.6. The van der Waals surface area contributed by atoms with Gasteiger partial charge in [0.15, 0.2) is 0 Å². The van der Waals surface area contributed by atoms with E-state index in [2.05, 4.69) is 0 Å². The van der Waals surface area contributed by atoms with E-state index in [4.69, 9.17) is 5.73 Å². The van der Waals surface area contributed by atoms with Crippen molar-refractivity contribution in [2.75, 3.05) is 32.7 Å². The zero-order chi connectivity index (χ0) is 15.9. The molecule has 0 aliphatic carbocycles. The lowest BCUT2D eigenvalue weighted by Gasteiger charge is -2.22. The zero-order valence-corrected chi connectivity index (χ0v) is 13.3. The van der Waals surface area contributed by atoms with Crippen molar-refractivity contribution in [3.63, 3.8) is 0 Å². The fraction of sp³-hybridized carbons (Fsp3) is 0.529. The normalized spacial score (nSPS) is 15.5. The Balaban J connectivity index is 1.95. The number of rotatable bonds is 4. The van der Waals surface area contributed by atoms with E-state index in [0.29, 0.717) is 32.6 Å². The summed E-state index contributed by atoms with van der Waals surface area (Å²) in [7, 11) is 0. The summed E-state index contributed by atoms with van der Waals surface area (Å²) >= 11 is 0. The van der Waals surface area contributed by atoms with Crippen molar-refractivity contribution < 1.29 is 9.59 Å². The van der Waals surface area contributed by atoms with Crippen molar-refractivity contribution in [1.29, 1.82) is 0 Å². The largest absolute Gasteiger partial charge is 0.341 e. The molecule has 1 aliphatic rings. The minimum atomic E-state index is 0.0555. The molecule has 22 heavy (non-hydrogen) atoms. The predicted octanol–water partition coefficient (Wildman–Crippen LogP) is 1.41. The van der Waals surface area contributed by atoms with E-state index in [0.717, 1.165) is 30.5 Å². The molecule has 5 heteroatoms. The summed E-state index contributed by atoms with van der Waals surface area (Å²) in [6, 6.07) is 7.65. The number of aryl methyl sites for hydroxylation is 1. The Morgan fingerprint density at radius 2 is 1.86 bits per heavy atom. The average molecular weight is 303 g/mol. The number of carbonyl (C=O) groups excluding carboxylic acids is 2. The van der Waals surface area contributed by atoms with Crippen molar-refractivity contribution in [2.45, 2.75) is 26.2 Å². The molecule has 1 aromatic rings. The lowest BCUT2D eigenvalue weighted by Crippen LogP contribution is -2.37. The minimum Gasteiger partial charge on any atom is -0.341 e. The highest BCUT2D eigenvalue weighted by Gasteiger charge is 2.22. The lowest BCUT2D eigenvalue weighted by molar-refractivity contribution is -0.131. The number of amides is 2. The van der Waals surface area contributed by atoms with Crippen LogP contribution in [-0.2, 0) is 4.79 Å². The monoisotopic (exact) mass is 303 g/mol. The first-order valence-corrected chi connectivity index (χ1v) is 7.95. The molecule has 1 heterocycles. The van der Waals surface area contributed by atoms with Crippen LogP contribution in [0.1, 0.15) is 35.2 Å². The van der Waals surface area contributed by atoms with Crippen LogP contribution in [0.15, 0.2) is 24.3 Å². The number of benzene rings is 1. The van der Waals surface area contributed by atoms with Crippen molar-refractivity contribution in [2.24, 2.45) is 5.73 Å².